The third-order valence-electron chi connectivity index (χ3n) is 3.21. The Balaban J connectivity index is 2.16. The van der Waals surface area contributed by atoms with Gasteiger partial charge in [-0.05, 0) is 23.8 Å². The molecule has 0 fully saturated rings. The zero-order valence-corrected chi connectivity index (χ0v) is 13.6. The number of methoxy groups -OCH3 is 3. The van der Waals surface area contributed by atoms with Crippen molar-refractivity contribution in [3.05, 3.63) is 53.9 Å². The molecule has 2 aromatic rings. The Hall–Kier alpha value is -3.02. The second kappa shape index (κ2) is 8.01. The lowest BCUT2D eigenvalue weighted by Crippen LogP contribution is -2.08. The highest BCUT2D eigenvalue weighted by molar-refractivity contribution is 6.02. The summed E-state index contributed by atoms with van der Waals surface area (Å²) in [6.07, 6.45) is 2.84. The molecule has 0 aliphatic heterocycles. The maximum absolute atomic E-state index is 13.1. The molecule has 1 N–H and O–H groups in total. The SMILES string of the molecule is COc1cc(NC(=O)/C=C/c2cccc(F)c2)cc(OC)c1OC. The van der Waals surface area contributed by atoms with Crippen LogP contribution in [0, 0.1) is 5.82 Å². The predicted molar refractivity (Wildman–Crippen MR) is 90.2 cm³/mol. The molecule has 0 aromatic heterocycles. The van der Waals surface area contributed by atoms with Crippen molar-refractivity contribution in [1.82, 2.24) is 0 Å². The molecule has 1 amide bonds. The normalized spacial score (nSPS) is 10.5. The van der Waals surface area contributed by atoms with Gasteiger partial charge in [0, 0.05) is 23.9 Å². The molecule has 0 spiro atoms. The molecule has 0 aliphatic carbocycles. The van der Waals surface area contributed by atoms with E-state index in [2.05, 4.69) is 5.32 Å². The van der Waals surface area contributed by atoms with E-state index >= 15 is 0 Å². The van der Waals surface area contributed by atoms with Crippen LogP contribution in [0.3, 0.4) is 0 Å². The molecular formula is C18H18FNO4. The Labute approximate surface area is 139 Å². The molecule has 0 aliphatic rings. The Bertz CT molecular complexity index is 733. The van der Waals surface area contributed by atoms with Crippen LogP contribution in [0.2, 0.25) is 0 Å². The molecule has 2 aromatic carbocycles. The Kier molecular flexibility index (Phi) is 5.78. The largest absolute Gasteiger partial charge is 0.493 e. The minimum Gasteiger partial charge on any atom is -0.493 e. The lowest BCUT2D eigenvalue weighted by molar-refractivity contribution is -0.111. The molecule has 0 unspecified atom stereocenters. The molecular weight excluding hydrogens is 313 g/mol. The minimum atomic E-state index is -0.367. The number of ether oxygens (including phenoxy) is 3. The van der Waals surface area contributed by atoms with Crippen LogP contribution in [-0.4, -0.2) is 27.2 Å². The van der Waals surface area contributed by atoms with E-state index in [1.807, 2.05) is 0 Å². The van der Waals surface area contributed by atoms with Crippen LogP contribution >= 0.6 is 0 Å². The van der Waals surface area contributed by atoms with Crippen molar-refractivity contribution >= 4 is 17.7 Å². The summed E-state index contributed by atoms with van der Waals surface area (Å²) in [6, 6.07) is 9.19. The standard InChI is InChI=1S/C18H18FNO4/c1-22-15-10-14(11-16(23-2)18(15)24-3)20-17(21)8-7-12-5-4-6-13(19)9-12/h4-11H,1-3H3,(H,20,21)/b8-7+. The van der Waals surface area contributed by atoms with Gasteiger partial charge in [0.15, 0.2) is 11.5 Å². The van der Waals surface area contributed by atoms with Gasteiger partial charge in [-0.25, -0.2) is 4.39 Å². The molecule has 126 valence electrons. The molecule has 0 atom stereocenters. The summed E-state index contributed by atoms with van der Waals surface area (Å²) in [6.45, 7) is 0. The zero-order chi connectivity index (χ0) is 17.5. The van der Waals surface area contributed by atoms with Gasteiger partial charge >= 0.3 is 0 Å². The maximum Gasteiger partial charge on any atom is 0.248 e. The molecule has 0 heterocycles. The number of hydrogen-bond donors (Lipinski definition) is 1. The van der Waals surface area contributed by atoms with E-state index in [1.54, 1.807) is 24.3 Å². The highest BCUT2D eigenvalue weighted by atomic mass is 19.1. The number of carbonyl (C=O) groups excluding carboxylic acids is 1. The molecule has 5 nitrogen and oxygen atoms in total. The second-order valence-electron chi connectivity index (χ2n) is 4.79. The van der Waals surface area contributed by atoms with Crippen LogP contribution in [0.15, 0.2) is 42.5 Å². The highest BCUT2D eigenvalue weighted by Crippen LogP contribution is 2.39. The van der Waals surface area contributed by atoms with Crippen LogP contribution in [-0.2, 0) is 4.79 Å². The van der Waals surface area contributed by atoms with Crippen molar-refractivity contribution in [3.8, 4) is 17.2 Å². The second-order valence-corrected chi connectivity index (χ2v) is 4.79. The number of amides is 1. The van der Waals surface area contributed by atoms with Crippen molar-refractivity contribution in [1.29, 1.82) is 0 Å². The van der Waals surface area contributed by atoms with Crippen molar-refractivity contribution in [2.75, 3.05) is 26.6 Å². The molecule has 2 rings (SSSR count). The van der Waals surface area contributed by atoms with Crippen molar-refractivity contribution in [2.45, 2.75) is 0 Å². The van der Waals surface area contributed by atoms with Gasteiger partial charge < -0.3 is 19.5 Å². The maximum atomic E-state index is 13.1. The lowest BCUT2D eigenvalue weighted by Gasteiger charge is -2.14. The van der Waals surface area contributed by atoms with E-state index in [1.165, 1.54) is 45.6 Å². The summed E-state index contributed by atoms with van der Waals surface area (Å²) in [4.78, 5) is 12.0. The van der Waals surface area contributed by atoms with Gasteiger partial charge in [-0.1, -0.05) is 12.1 Å². The monoisotopic (exact) mass is 331 g/mol. The van der Waals surface area contributed by atoms with Gasteiger partial charge in [-0.15, -0.1) is 0 Å². The van der Waals surface area contributed by atoms with Crippen molar-refractivity contribution in [3.63, 3.8) is 0 Å². The molecule has 0 saturated heterocycles. The quantitative estimate of drug-likeness (QED) is 0.823. The molecule has 24 heavy (non-hydrogen) atoms. The summed E-state index contributed by atoms with van der Waals surface area (Å²) >= 11 is 0. The third kappa shape index (κ3) is 4.25. The summed E-state index contributed by atoms with van der Waals surface area (Å²) < 4.78 is 28.8. The fourth-order valence-corrected chi connectivity index (χ4v) is 2.12. The smallest absolute Gasteiger partial charge is 0.248 e. The summed E-state index contributed by atoms with van der Waals surface area (Å²) in [5.74, 6) is 0.576. The van der Waals surface area contributed by atoms with Crippen LogP contribution in [0.25, 0.3) is 6.08 Å². The fraction of sp³-hybridized carbons (Fsp3) is 0.167. The summed E-state index contributed by atoms with van der Waals surface area (Å²) in [7, 11) is 4.49. The van der Waals surface area contributed by atoms with Gasteiger partial charge in [0.25, 0.3) is 0 Å². The number of rotatable bonds is 6. The molecule has 0 bridgehead atoms. The minimum absolute atomic E-state index is 0.359. The van der Waals surface area contributed by atoms with Gasteiger partial charge in [-0.2, -0.15) is 0 Å². The lowest BCUT2D eigenvalue weighted by atomic mass is 10.2. The first-order chi connectivity index (χ1) is 11.6. The highest BCUT2D eigenvalue weighted by Gasteiger charge is 2.13. The van der Waals surface area contributed by atoms with Crippen LogP contribution in [0.1, 0.15) is 5.56 Å². The number of halogens is 1. The fourth-order valence-electron chi connectivity index (χ4n) is 2.12. The van der Waals surface area contributed by atoms with Crippen LogP contribution in [0.4, 0.5) is 10.1 Å². The first-order valence-electron chi connectivity index (χ1n) is 7.12. The Morgan fingerprint density at radius 3 is 2.25 bits per heavy atom. The number of carbonyl (C=O) groups is 1. The third-order valence-corrected chi connectivity index (χ3v) is 3.21. The van der Waals surface area contributed by atoms with Gasteiger partial charge in [-0.3, -0.25) is 4.79 Å². The van der Waals surface area contributed by atoms with Crippen molar-refractivity contribution in [2.24, 2.45) is 0 Å². The van der Waals surface area contributed by atoms with E-state index in [-0.39, 0.29) is 11.7 Å². The number of anilines is 1. The first-order valence-corrected chi connectivity index (χ1v) is 7.12. The van der Waals surface area contributed by atoms with E-state index in [0.29, 0.717) is 28.5 Å². The van der Waals surface area contributed by atoms with Crippen molar-refractivity contribution < 1.29 is 23.4 Å². The summed E-state index contributed by atoms with van der Waals surface area (Å²) in [5, 5.41) is 2.69. The summed E-state index contributed by atoms with van der Waals surface area (Å²) in [5.41, 5.74) is 1.08. The molecule has 6 heteroatoms. The van der Waals surface area contributed by atoms with Crippen LogP contribution in [0.5, 0.6) is 17.2 Å². The van der Waals surface area contributed by atoms with Gasteiger partial charge in [0.05, 0.1) is 21.3 Å². The van der Waals surface area contributed by atoms with E-state index in [4.69, 9.17) is 14.2 Å². The van der Waals surface area contributed by atoms with Gasteiger partial charge in [0.2, 0.25) is 11.7 Å². The number of benzene rings is 2. The predicted octanol–water partition coefficient (Wildman–Crippen LogP) is 3.50. The van der Waals surface area contributed by atoms with Gasteiger partial charge in [0.1, 0.15) is 5.82 Å². The Morgan fingerprint density at radius 1 is 1.04 bits per heavy atom. The van der Waals surface area contributed by atoms with E-state index in [9.17, 15) is 9.18 Å². The molecule has 0 saturated carbocycles. The number of hydrogen-bond acceptors (Lipinski definition) is 4. The molecule has 0 radical (unpaired) electrons. The van der Waals surface area contributed by atoms with E-state index < -0.39 is 0 Å². The average molecular weight is 331 g/mol. The topological polar surface area (TPSA) is 56.8 Å². The van der Waals surface area contributed by atoms with Crippen LogP contribution < -0.4 is 19.5 Å². The Morgan fingerprint density at radius 2 is 1.71 bits per heavy atom. The van der Waals surface area contributed by atoms with E-state index in [0.717, 1.165) is 0 Å². The number of nitrogens with one attached hydrogen (secondary N) is 1. The first kappa shape index (κ1) is 17.3. The average Bonchev–Trinajstić information content (AvgIpc) is 2.59. The zero-order valence-electron chi connectivity index (χ0n) is 13.6.